The Morgan fingerprint density at radius 3 is 2.78 bits per heavy atom. The zero-order valence-electron chi connectivity index (χ0n) is 19.7. The Hall–Kier alpha value is -2.79. The van der Waals surface area contributed by atoms with E-state index < -0.39 is 13.9 Å². The van der Waals surface area contributed by atoms with Gasteiger partial charge in [0.05, 0.1) is 26.1 Å². The van der Waals surface area contributed by atoms with Gasteiger partial charge in [-0.1, -0.05) is 65.8 Å². The first-order chi connectivity index (χ1) is 18.0. The van der Waals surface area contributed by atoms with Crippen LogP contribution in [0.3, 0.4) is 0 Å². The minimum atomic E-state index is -1.40. The Morgan fingerprint density at radius 2 is 1.97 bits per heavy atom. The molecule has 0 amide bonds. The average Bonchev–Trinajstić information content (AvgIpc) is 3.30. The van der Waals surface area contributed by atoms with E-state index in [-0.39, 0.29) is 22.9 Å². The lowest BCUT2D eigenvalue weighted by Crippen LogP contribution is -2.13. The zero-order valence-corrected chi connectivity index (χ0v) is 22.2. The Kier molecular flexibility index (Phi) is 10.1. The molecule has 10 nitrogen and oxygen atoms in total. The lowest BCUT2D eigenvalue weighted by atomic mass is 10.2. The Balaban J connectivity index is 1.28. The third-order valence-corrected chi connectivity index (χ3v) is 7.38. The quantitative estimate of drug-likeness (QED) is 0.179. The minimum Gasteiger partial charge on any atom is -0.370 e. The maximum absolute atomic E-state index is 12.3. The number of aromatic nitrogens is 4. The predicted octanol–water partition coefficient (Wildman–Crippen LogP) is 4.45. The second-order valence-corrected chi connectivity index (χ2v) is 10.6. The average molecular weight is 562 g/mol. The van der Waals surface area contributed by atoms with Crippen molar-refractivity contribution in [2.45, 2.75) is 13.2 Å². The number of carbonyl (C=O) groups excluding carboxylic acids is 1. The van der Waals surface area contributed by atoms with E-state index in [9.17, 15) is 9.59 Å². The third kappa shape index (κ3) is 8.10. The number of nitrogens with zero attached hydrogens (tertiary/aromatic N) is 3. The highest BCUT2D eigenvalue weighted by atomic mass is 35.5. The standard InChI is InChI=1S/C24H25ClN5O5PS/c25-19-8-4-5-17(13-19)14-35-36(34-11-12-37-23(32)18-6-2-1-3-7-18)16-33-10-9-30-15-27-20-21(30)28-24(26)29-22(20)31/h1-8,13,15H,9-12,14,16H2,(H3,26,28,29,31). The van der Waals surface area contributed by atoms with Gasteiger partial charge in [0.25, 0.3) is 5.56 Å². The van der Waals surface area contributed by atoms with Gasteiger partial charge in [-0.3, -0.25) is 14.6 Å². The van der Waals surface area contributed by atoms with E-state index in [1.165, 1.54) is 18.1 Å². The van der Waals surface area contributed by atoms with E-state index in [1.807, 2.05) is 36.4 Å². The predicted molar refractivity (Wildman–Crippen MR) is 146 cm³/mol. The van der Waals surface area contributed by atoms with Crippen molar-refractivity contribution in [3.05, 3.63) is 87.4 Å². The molecule has 0 saturated carbocycles. The number of anilines is 1. The van der Waals surface area contributed by atoms with Gasteiger partial charge in [0.1, 0.15) is 6.35 Å². The molecule has 4 aromatic rings. The van der Waals surface area contributed by atoms with E-state index in [0.29, 0.717) is 48.4 Å². The van der Waals surface area contributed by atoms with E-state index in [4.69, 9.17) is 31.1 Å². The molecule has 0 spiro atoms. The number of ether oxygens (including phenoxy) is 1. The molecule has 2 aromatic heterocycles. The van der Waals surface area contributed by atoms with Crippen molar-refractivity contribution in [2.75, 3.05) is 31.0 Å². The number of nitrogens with one attached hydrogen (secondary N) is 1. The molecule has 0 bridgehead atoms. The van der Waals surface area contributed by atoms with Gasteiger partial charge in [0.15, 0.2) is 19.5 Å². The number of nitrogen functional groups attached to an aromatic ring is 1. The molecule has 194 valence electrons. The van der Waals surface area contributed by atoms with Crippen LogP contribution in [0.2, 0.25) is 5.02 Å². The van der Waals surface area contributed by atoms with Crippen molar-refractivity contribution in [3.63, 3.8) is 0 Å². The highest BCUT2D eigenvalue weighted by Crippen LogP contribution is 2.39. The maximum Gasteiger partial charge on any atom is 0.280 e. The van der Waals surface area contributed by atoms with Crippen molar-refractivity contribution in [1.29, 1.82) is 0 Å². The van der Waals surface area contributed by atoms with Gasteiger partial charge >= 0.3 is 0 Å². The molecule has 0 fully saturated rings. The molecule has 37 heavy (non-hydrogen) atoms. The smallest absolute Gasteiger partial charge is 0.280 e. The van der Waals surface area contributed by atoms with Crippen LogP contribution in [-0.4, -0.2) is 49.9 Å². The van der Waals surface area contributed by atoms with Gasteiger partial charge in [0, 0.05) is 22.9 Å². The maximum atomic E-state index is 12.3. The fourth-order valence-electron chi connectivity index (χ4n) is 3.25. The van der Waals surface area contributed by atoms with Crippen LogP contribution in [0.15, 0.2) is 65.7 Å². The largest absolute Gasteiger partial charge is 0.370 e. The monoisotopic (exact) mass is 561 g/mol. The summed E-state index contributed by atoms with van der Waals surface area (Å²) in [6.07, 6.45) is 1.74. The number of benzene rings is 2. The second kappa shape index (κ2) is 13.7. The van der Waals surface area contributed by atoms with Crippen LogP contribution in [0.1, 0.15) is 15.9 Å². The van der Waals surface area contributed by atoms with Crippen molar-refractivity contribution in [2.24, 2.45) is 0 Å². The number of halogens is 1. The van der Waals surface area contributed by atoms with Crippen molar-refractivity contribution < 1.29 is 18.6 Å². The zero-order chi connectivity index (χ0) is 26.0. The number of H-pyrrole nitrogens is 1. The summed E-state index contributed by atoms with van der Waals surface area (Å²) in [7, 11) is -1.40. The molecule has 1 unspecified atom stereocenters. The molecule has 0 aliphatic rings. The van der Waals surface area contributed by atoms with Crippen LogP contribution in [0, 0.1) is 0 Å². The summed E-state index contributed by atoms with van der Waals surface area (Å²) in [6.45, 7) is 1.35. The first kappa shape index (κ1) is 27.3. The molecular weight excluding hydrogens is 537 g/mol. The fourth-order valence-corrected chi connectivity index (χ4v) is 5.33. The summed E-state index contributed by atoms with van der Waals surface area (Å²) in [4.78, 5) is 34.9. The lowest BCUT2D eigenvalue weighted by Gasteiger charge is -2.18. The molecule has 3 N–H and O–H groups in total. The van der Waals surface area contributed by atoms with Gasteiger partial charge in [-0.05, 0) is 17.7 Å². The van der Waals surface area contributed by atoms with Crippen molar-refractivity contribution in [1.82, 2.24) is 19.5 Å². The third-order valence-electron chi connectivity index (χ3n) is 4.99. The van der Waals surface area contributed by atoms with Crippen LogP contribution < -0.4 is 11.3 Å². The number of nitrogens with two attached hydrogens (primary N) is 1. The van der Waals surface area contributed by atoms with E-state index >= 15 is 0 Å². The molecule has 2 aromatic carbocycles. The summed E-state index contributed by atoms with van der Waals surface area (Å²) in [6, 6.07) is 16.5. The topological polar surface area (TPSA) is 134 Å². The molecule has 0 radical (unpaired) electrons. The SMILES string of the molecule is Nc1nc2c(ncn2CCOCP(OCCSC(=O)c2ccccc2)OCc2cccc(Cl)c2)c(=O)[nH]1. The number of aromatic amines is 1. The normalized spacial score (nSPS) is 12.1. The number of hydrogen-bond donors (Lipinski definition) is 2. The summed E-state index contributed by atoms with van der Waals surface area (Å²) in [5.41, 5.74) is 7.43. The minimum absolute atomic E-state index is 0.00901. The van der Waals surface area contributed by atoms with Crippen LogP contribution in [-0.2, 0) is 26.9 Å². The Morgan fingerprint density at radius 1 is 1.14 bits per heavy atom. The van der Waals surface area contributed by atoms with E-state index in [0.717, 1.165) is 5.56 Å². The van der Waals surface area contributed by atoms with Crippen LogP contribution >= 0.6 is 31.7 Å². The number of hydrogen-bond acceptors (Lipinski definition) is 9. The Bertz CT molecular complexity index is 1390. The van der Waals surface area contributed by atoms with Crippen LogP contribution in [0.25, 0.3) is 11.2 Å². The first-order valence-corrected chi connectivity index (χ1v) is 14.0. The van der Waals surface area contributed by atoms with Crippen LogP contribution in [0.5, 0.6) is 0 Å². The highest BCUT2D eigenvalue weighted by molar-refractivity contribution is 8.14. The molecule has 1 atom stereocenters. The lowest BCUT2D eigenvalue weighted by molar-refractivity contribution is 0.108. The van der Waals surface area contributed by atoms with E-state index in [2.05, 4.69) is 15.0 Å². The van der Waals surface area contributed by atoms with Gasteiger partial charge in [-0.25, -0.2) is 4.98 Å². The molecule has 2 heterocycles. The van der Waals surface area contributed by atoms with Gasteiger partial charge < -0.3 is 24.1 Å². The van der Waals surface area contributed by atoms with Gasteiger partial charge in [-0.2, -0.15) is 4.98 Å². The second-order valence-electron chi connectivity index (χ2n) is 7.67. The summed E-state index contributed by atoms with van der Waals surface area (Å²) in [5.74, 6) is 0.505. The number of imidazole rings is 1. The van der Waals surface area contributed by atoms with Gasteiger partial charge in [0.2, 0.25) is 11.1 Å². The number of fused-ring (bicyclic) bond motifs is 1. The number of rotatable bonds is 13. The fraction of sp³-hybridized carbons (Fsp3) is 0.250. The van der Waals surface area contributed by atoms with Crippen molar-refractivity contribution in [3.8, 4) is 0 Å². The van der Waals surface area contributed by atoms with E-state index in [1.54, 1.807) is 22.8 Å². The molecule has 0 aliphatic carbocycles. The summed E-state index contributed by atoms with van der Waals surface area (Å²) in [5, 5.41) is 0.615. The molecular formula is C24H25ClN5O5PS. The van der Waals surface area contributed by atoms with Gasteiger partial charge in [-0.15, -0.1) is 0 Å². The summed E-state index contributed by atoms with van der Waals surface area (Å²) < 4.78 is 19.4. The Labute approximate surface area is 223 Å². The molecule has 0 aliphatic heterocycles. The number of thioether (sulfide) groups is 1. The molecule has 0 saturated heterocycles. The van der Waals surface area contributed by atoms with Crippen molar-refractivity contribution >= 4 is 54.0 Å². The molecule has 4 rings (SSSR count). The molecule has 13 heteroatoms. The number of carbonyl (C=O) groups is 1. The highest BCUT2D eigenvalue weighted by Gasteiger charge is 2.14. The summed E-state index contributed by atoms with van der Waals surface area (Å²) >= 11 is 7.27. The van der Waals surface area contributed by atoms with Crippen LogP contribution in [0.4, 0.5) is 5.95 Å². The first-order valence-electron chi connectivity index (χ1n) is 11.3.